The monoisotopic (exact) mass is 231 g/mol. The van der Waals surface area contributed by atoms with Crippen LogP contribution < -0.4 is 9.47 Å². The van der Waals surface area contributed by atoms with E-state index in [-0.39, 0.29) is 0 Å². The van der Waals surface area contributed by atoms with Gasteiger partial charge in [-0.05, 0) is 38.3 Å². The molecular formula is C14H17NO2. The van der Waals surface area contributed by atoms with E-state index in [4.69, 9.17) is 9.47 Å². The number of hydrogen-bond donors (Lipinski definition) is 0. The molecule has 1 aromatic heterocycles. The van der Waals surface area contributed by atoms with Crippen LogP contribution >= 0.6 is 0 Å². The number of fused-ring (bicyclic) bond motifs is 1. The molecule has 0 fully saturated rings. The Morgan fingerprint density at radius 2 is 1.71 bits per heavy atom. The molecule has 0 radical (unpaired) electrons. The number of rotatable bonds is 2. The maximum absolute atomic E-state index is 5.41. The summed E-state index contributed by atoms with van der Waals surface area (Å²) in [7, 11) is 3.32. The first-order chi connectivity index (χ1) is 8.08. The normalized spacial score (nSPS) is 10.6. The minimum atomic E-state index is 0.766. The molecule has 3 nitrogen and oxygen atoms in total. The van der Waals surface area contributed by atoms with Crippen molar-refractivity contribution in [3.63, 3.8) is 0 Å². The lowest BCUT2D eigenvalue weighted by Crippen LogP contribution is -1.97. The van der Waals surface area contributed by atoms with Crippen molar-refractivity contribution < 1.29 is 9.47 Å². The molecule has 17 heavy (non-hydrogen) atoms. The third-order valence-electron chi connectivity index (χ3n) is 3.01. The van der Waals surface area contributed by atoms with E-state index < -0.39 is 0 Å². The van der Waals surface area contributed by atoms with Gasteiger partial charge in [0.25, 0.3) is 0 Å². The fraction of sp³-hybridized carbons (Fsp3) is 0.357. The predicted molar refractivity (Wildman–Crippen MR) is 69.1 cm³/mol. The summed E-state index contributed by atoms with van der Waals surface area (Å²) in [5.74, 6) is 1.55. The van der Waals surface area contributed by atoms with Crippen LogP contribution in [-0.2, 0) is 0 Å². The van der Waals surface area contributed by atoms with E-state index in [1.807, 2.05) is 26.8 Å². The van der Waals surface area contributed by atoms with Crippen LogP contribution in [0.2, 0.25) is 0 Å². The molecule has 1 aromatic carbocycles. The molecule has 0 saturated heterocycles. The van der Waals surface area contributed by atoms with Gasteiger partial charge in [0.05, 0.1) is 14.2 Å². The topological polar surface area (TPSA) is 31.4 Å². The molecule has 0 amide bonds. The van der Waals surface area contributed by atoms with Crippen molar-refractivity contribution in [3.05, 3.63) is 29.1 Å². The van der Waals surface area contributed by atoms with Gasteiger partial charge in [0, 0.05) is 22.3 Å². The van der Waals surface area contributed by atoms with Crippen molar-refractivity contribution in [2.75, 3.05) is 14.2 Å². The van der Waals surface area contributed by atoms with Crippen molar-refractivity contribution >= 4 is 10.8 Å². The van der Waals surface area contributed by atoms with Gasteiger partial charge >= 0.3 is 0 Å². The van der Waals surface area contributed by atoms with Gasteiger partial charge < -0.3 is 9.47 Å². The number of aryl methyl sites for hydroxylation is 3. The standard InChI is InChI=1S/C14H17NO2/c1-8-6-11-7-12(16-4)14(17-5)9(2)13(11)10(3)15-8/h6-7H,1-5H3. The Bertz CT molecular complexity index is 576. The second-order valence-corrected chi connectivity index (χ2v) is 4.18. The fourth-order valence-corrected chi connectivity index (χ4v) is 2.37. The third-order valence-corrected chi connectivity index (χ3v) is 3.01. The minimum Gasteiger partial charge on any atom is -0.493 e. The number of aromatic nitrogens is 1. The Morgan fingerprint density at radius 3 is 2.29 bits per heavy atom. The lowest BCUT2D eigenvalue weighted by molar-refractivity contribution is 0.354. The van der Waals surface area contributed by atoms with Gasteiger partial charge in [-0.2, -0.15) is 0 Å². The molecule has 2 rings (SSSR count). The van der Waals surface area contributed by atoms with E-state index in [9.17, 15) is 0 Å². The van der Waals surface area contributed by atoms with Gasteiger partial charge in [-0.1, -0.05) is 0 Å². The molecule has 0 aliphatic heterocycles. The predicted octanol–water partition coefficient (Wildman–Crippen LogP) is 3.18. The number of pyridine rings is 1. The summed E-state index contributed by atoms with van der Waals surface area (Å²) in [4.78, 5) is 4.50. The molecule has 0 saturated carbocycles. The van der Waals surface area contributed by atoms with Gasteiger partial charge in [-0.15, -0.1) is 0 Å². The van der Waals surface area contributed by atoms with Crippen LogP contribution in [-0.4, -0.2) is 19.2 Å². The van der Waals surface area contributed by atoms with Crippen molar-refractivity contribution in [2.24, 2.45) is 0 Å². The second kappa shape index (κ2) is 4.24. The number of methoxy groups -OCH3 is 2. The zero-order valence-corrected chi connectivity index (χ0v) is 10.9. The van der Waals surface area contributed by atoms with E-state index in [0.717, 1.165) is 39.2 Å². The molecule has 3 heteroatoms. The lowest BCUT2D eigenvalue weighted by Gasteiger charge is -2.14. The van der Waals surface area contributed by atoms with Crippen LogP contribution in [0.4, 0.5) is 0 Å². The fourth-order valence-electron chi connectivity index (χ4n) is 2.37. The number of hydrogen-bond acceptors (Lipinski definition) is 3. The molecule has 1 heterocycles. The van der Waals surface area contributed by atoms with Crippen molar-refractivity contribution in [2.45, 2.75) is 20.8 Å². The average Bonchev–Trinajstić information content (AvgIpc) is 2.27. The summed E-state index contributed by atoms with van der Waals surface area (Å²) < 4.78 is 10.8. The first-order valence-electron chi connectivity index (χ1n) is 5.58. The molecule has 0 spiro atoms. The Hall–Kier alpha value is -1.77. The van der Waals surface area contributed by atoms with Crippen LogP contribution in [0.15, 0.2) is 12.1 Å². The smallest absolute Gasteiger partial charge is 0.164 e. The molecule has 0 bridgehead atoms. The lowest BCUT2D eigenvalue weighted by atomic mass is 10.0. The van der Waals surface area contributed by atoms with Crippen molar-refractivity contribution in [1.82, 2.24) is 4.98 Å². The largest absolute Gasteiger partial charge is 0.493 e. The van der Waals surface area contributed by atoms with Gasteiger partial charge in [0.2, 0.25) is 0 Å². The molecular weight excluding hydrogens is 214 g/mol. The highest BCUT2D eigenvalue weighted by atomic mass is 16.5. The van der Waals surface area contributed by atoms with E-state index in [0.29, 0.717) is 0 Å². The highest BCUT2D eigenvalue weighted by molar-refractivity contribution is 5.91. The second-order valence-electron chi connectivity index (χ2n) is 4.18. The first kappa shape index (κ1) is 11.7. The summed E-state index contributed by atoms with van der Waals surface area (Å²) in [5, 5.41) is 2.29. The van der Waals surface area contributed by atoms with Crippen LogP contribution in [0.25, 0.3) is 10.8 Å². The molecule has 0 N–H and O–H groups in total. The first-order valence-corrected chi connectivity index (χ1v) is 5.58. The van der Waals surface area contributed by atoms with Crippen molar-refractivity contribution in [3.8, 4) is 11.5 Å². The van der Waals surface area contributed by atoms with E-state index >= 15 is 0 Å². The molecule has 0 unspecified atom stereocenters. The Balaban J connectivity index is 2.90. The minimum absolute atomic E-state index is 0.766. The summed E-state index contributed by atoms with van der Waals surface area (Å²) in [6, 6.07) is 4.07. The van der Waals surface area contributed by atoms with Crippen LogP contribution in [0, 0.1) is 20.8 Å². The SMILES string of the molecule is COc1cc2cc(C)nc(C)c2c(C)c1OC. The van der Waals surface area contributed by atoms with E-state index in [1.165, 1.54) is 0 Å². The van der Waals surface area contributed by atoms with Crippen LogP contribution in [0.3, 0.4) is 0 Å². The highest BCUT2D eigenvalue weighted by Crippen LogP contribution is 2.37. The molecule has 0 aliphatic carbocycles. The maximum Gasteiger partial charge on any atom is 0.164 e. The molecule has 0 atom stereocenters. The highest BCUT2D eigenvalue weighted by Gasteiger charge is 2.13. The number of benzene rings is 1. The van der Waals surface area contributed by atoms with E-state index in [2.05, 4.69) is 11.1 Å². The van der Waals surface area contributed by atoms with Gasteiger partial charge in [-0.3, -0.25) is 4.98 Å². The summed E-state index contributed by atoms with van der Waals surface area (Å²) in [5.41, 5.74) is 3.12. The summed E-state index contributed by atoms with van der Waals surface area (Å²) >= 11 is 0. The van der Waals surface area contributed by atoms with Gasteiger partial charge in [0.15, 0.2) is 11.5 Å². The number of nitrogens with zero attached hydrogens (tertiary/aromatic N) is 1. The molecule has 90 valence electrons. The Kier molecular flexibility index (Phi) is 2.92. The van der Waals surface area contributed by atoms with E-state index in [1.54, 1.807) is 14.2 Å². The quantitative estimate of drug-likeness (QED) is 0.795. The third kappa shape index (κ3) is 1.82. The molecule has 0 aliphatic rings. The summed E-state index contributed by atoms with van der Waals surface area (Å²) in [6.45, 7) is 6.06. The summed E-state index contributed by atoms with van der Waals surface area (Å²) in [6.07, 6.45) is 0. The zero-order valence-electron chi connectivity index (χ0n) is 10.9. The average molecular weight is 231 g/mol. The van der Waals surface area contributed by atoms with Crippen LogP contribution in [0.5, 0.6) is 11.5 Å². The molecule has 2 aromatic rings. The van der Waals surface area contributed by atoms with Gasteiger partial charge in [0.1, 0.15) is 0 Å². The number of ether oxygens (including phenoxy) is 2. The Labute approximate surface area is 101 Å². The van der Waals surface area contributed by atoms with Crippen LogP contribution in [0.1, 0.15) is 17.0 Å². The van der Waals surface area contributed by atoms with Crippen molar-refractivity contribution in [1.29, 1.82) is 0 Å². The Morgan fingerprint density at radius 1 is 1.00 bits per heavy atom. The zero-order chi connectivity index (χ0) is 12.6. The maximum atomic E-state index is 5.41. The van der Waals surface area contributed by atoms with Gasteiger partial charge in [-0.25, -0.2) is 0 Å².